The van der Waals surface area contributed by atoms with E-state index < -0.39 is 29.9 Å². The minimum atomic E-state index is -0.939. The number of hydrogen-bond donors (Lipinski definition) is 5. The van der Waals surface area contributed by atoms with Crippen molar-refractivity contribution in [3.05, 3.63) is 77.9 Å². The number of carbonyl (C=O) groups excluding carboxylic acids is 3. The molecule has 3 aromatic rings. The molecule has 8 heteroatoms. The summed E-state index contributed by atoms with van der Waals surface area (Å²) >= 11 is 4.17. The molecule has 0 spiro atoms. The smallest absolute Gasteiger partial charge is 0.244 e. The summed E-state index contributed by atoms with van der Waals surface area (Å²) < 4.78 is 0. The molecule has 3 atom stereocenters. The van der Waals surface area contributed by atoms with Crippen molar-refractivity contribution in [3.8, 4) is 5.75 Å². The van der Waals surface area contributed by atoms with Gasteiger partial charge < -0.3 is 26.3 Å². The third kappa shape index (κ3) is 6.81. The molecule has 0 radical (unpaired) electrons. The van der Waals surface area contributed by atoms with Crippen LogP contribution in [0.3, 0.4) is 0 Å². The first-order chi connectivity index (χ1) is 15.9. The zero-order chi connectivity index (χ0) is 23.8. The summed E-state index contributed by atoms with van der Waals surface area (Å²) in [4.78, 5) is 36.7. The lowest BCUT2D eigenvalue weighted by Gasteiger charge is -2.21. The third-order valence-electron chi connectivity index (χ3n) is 5.31. The maximum atomic E-state index is 12.6. The number of thiol groups is 1. The van der Waals surface area contributed by atoms with Crippen molar-refractivity contribution >= 4 is 41.5 Å². The maximum absolute atomic E-state index is 12.6. The van der Waals surface area contributed by atoms with E-state index in [1.165, 1.54) is 12.1 Å². The summed E-state index contributed by atoms with van der Waals surface area (Å²) in [6, 6.07) is 17.6. The lowest BCUT2D eigenvalue weighted by atomic mass is 10.0. The predicted octanol–water partition coefficient (Wildman–Crippen LogP) is 1.76. The first-order valence-corrected chi connectivity index (χ1v) is 11.2. The number of phenols is 1. The van der Waals surface area contributed by atoms with Crippen molar-refractivity contribution in [3.63, 3.8) is 0 Å². The largest absolute Gasteiger partial charge is 0.508 e. The van der Waals surface area contributed by atoms with Crippen LogP contribution in [-0.2, 0) is 27.2 Å². The van der Waals surface area contributed by atoms with Crippen LogP contribution in [0.2, 0.25) is 0 Å². The Bertz CT molecular complexity index is 1120. The van der Waals surface area contributed by atoms with Crippen LogP contribution in [0.25, 0.3) is 10.8 Å². The number of benzene rings is 3. The van der Waals surface area contributed by atoms with Crippen LogP contribution >= 0.6 is 12.6 Å². The van der Waals surface area contributed by atoms with Gasteiger partial charge in [0.25, 0.3) is 0 Å². The third-order valence-corrected chi connectivity index (χ3v) is 5.67. The number of nitrogens with one attached hydrogen (secondary N) is 2. The SMILES string of the molecule is N[C@H](Cc1ccc2ccccc2c1)C(=O)N[C@@H](CS)C(=O)N[C@H](C=O)Cc1ccc(O)cc1. The van der Waals surface area contributed by atoms with E-state index in [2.05, 4.69) is 23.3 Å². The van der Waals surface area contributed by atoms with Crippen molar-refractivity contribution in [2.45, 2.75) is 31.0 Å². The molecule has 0 saturated heterocycles. The van der Waals surface area contributed by atoms with Gasteiger partial charge in [-0.3, -0.25) is 9.59 Å². The Kier molecular flexibility index (Phi) is 8.46. The zero-order valence-electron chi connectivity index (χ0n) is 18.0. The second kappa shape index (κ2) is 11.5. The Labute approximate surface area is 197 Å². The fraction of sp³-hybridized carbons (Fsp3) is 0.240. The number of amides is 2. The molecule has 33 heavy (non-hydrogen) atoms. The van der Waals surface area contributed by atoms with E-state index in [0.29, 0.717) is 12.7 Å². The summed E-state index contributed by atoms with van der Waals surface area (Å²) in [5.41, 5.74) is 7.78. The number of aromatic hydroxyl groups is 1. The Morgan fingerprint density at radius 1 is 0.909 bits per heavy atom. The number of hydrogen-bond acceptors (Lipinski definition) is 6. The van der Waals surface area contributed by atoms with Crippen LogP contribution in [0.4, 0.5) is 0 Å². The fourth-order valence-corrected chi connectivity index (χ4v) is 3.74. The number of nitrogens with two attached hydrogens (primary N) is 1. The molecule has 0 aromatic heterocycles. The fourth-order valence-electron chi connectivity index (χ4n) is 3.49. The topological polar surface area (TPSA) is 122 Å². The average molecular weight is 466 g/mol. The number of rotatable bonds is 10. The van der Waals surface area contributed by atoms with E-state index in [1.807, 2.05) is 42.5 Å². The first-order valence-electron chi connectivity index (χ1n) is 10.6. The molecule has 0 aliphatic heterocycles. The summed E-state index contributed by atoms with van der Waals surface area (Å²) in [5.74, 6) is -0.834. The van der Waals surface area contributed by atoms with Gasteiger partial charge >= 0.3 is 0 Å². The quantitative estimate of drug-likeness (QED) is 0.231. The highest BCUT2D eigenvalue weighted by Gasteiger charge is 2.25. The van der Waals surface area contributed by atoms with Crippen molar-refractivity contribution in [2.75, 3.05) is 5.75 Å². The molecule has 3 aromatic carbocycles. The second-order valence-electron chi connectivity index (χ2n) is 7.86. The van der Waals surface area contributed by atoms with Crippen molar-refractivity contribution < 1.29 is 19.5 Å². The molecule has 3 rings (SSSR count). The normalized spacial score (nSPS) is 13.6. The van der Waals surface area contributed by atoms with Gasteiger partial charge in [-0.1, -0.05) is 54.6 Å². The predicted molar refractivity (Wildman–Crippen MR) is 131 cm³/mol. The zero-order valence-corrected chi connectivity index (χ0v) is 18.9. The van der Waals surface area contributed by atoms with Gasteiger partial charge in [-0.05, 0) is 46.9 Å². The van der Waals surface area contributed by atoms with Crippen molar-refractivity contribution in [2.24, 2.45) is 5.73 Å². The van der Waals surface area contributed by atoms with Crippen molar-refractivity contribution in [1.82, 2.24) is 10.6 Å². The minimum Gasteiger partial charge on any atom is -0.508 e. The van der Waals surface area contributed by atoms with E-state index in [1.54, 1.807) is 12.1 Å². The van der Waals surface area contributed by atoms with Gasteiger partial charge in [0.2, 0.25) is 11.8 Å². The Morgan fingerprint density at radius 3 is 2.24 bits per heavy atom. The monoisotopic (exact) mass is 465 g/mol. The minimum absolute atomic E-state index is 0.0467. The molecule has 0 bridgehead atoms. The van der Waals surface area contributed by atoms with Crippen molar-refractivity contribution in [1.29, 1.82) is 0 Å². The highest BCUT2D eigenvalue weighted by Crippen LogP contribution is 2.16. The molecule has 5 N–H and O–H groups in total. The first kappa shape index (κ1) is 24.3. The van der Waals surface area contributed by atoms with Gasteiger partial charge in [-0.25, -0.2) is 0 Å². The van der Waals surface area contributed by atoms with Gasteiger partial charge in [-0.15, -0.1) is 0 Å². The van der Waals surface area contributed by atoms with Crippen LogP contribution in [0.1, 0.15) is 11.1 Å². The number of phenolic OH excluding ortho intramolecular Hbond substituents is 1. The van der Waals surface area contributed by atoms with Gasteiger partial charge in [0.05, 0.1) is 12.1 Å². The summed E-state index contributed by atoms with van der Waals surface area (Å²) in [6.07, 6.45) is 1.20. The molecule has 7 nitrogen and oxygen atoms in total. The van der Waals surface area contributed by atoms with Crippen LogP contribution in [0, 0.1) is 0 Å². The molecule has 0 aliphatic rings. The average Bonchev–Trinajstić information content (AvgIpc) is 2.83. The molecule has 0 heterocycles. The number of carbonyl (C=O) groups is 3. The molecular weight excluding hydrogens is 438 g/mol. The van der Waals surface area contributed by atoms with Crippen LogP contribution in [0.5, 0.6) is 5.75 Å². The molecular formula is C25H27N3O4S. The highest BCUT2D eigenvalue weighted by atomic mass is 32.1. The van der Waals surface area contributed by atoms with E-state index >= 15 is 0 Å². The molecule has 172 valence electrons. The van der Waals surface area contributed by atoms with Gasteiger partial charge in [0.1, 0.15) is 18.1 Å². The summed E-state index contributed by atoms with van der Waals surface area (Å²) in [5, 5.41) is 16.8. The molecule has 2 amide bonds. The van der Waals surface area contributed by atoms with E-state index in [9.17, 15) is 19.5 Å². The highest BCUT2D eigenvalue weighted by molar-refractivity contribution is 7.80. The van der Waals surface area contributed by atoms with Crippen LogP contribution in [0.15, 0.2) is 66.7 Å². The van der Waals surface area contributed by atoms with Gasteiger partial charge in [0.15, 0.2) is 0 Å². The van der Waals surface area contributed by atoms with Gasteiger partial charge in [-0.2, -0.15) is 12.6 Å². The lowest BCUT2D eigenvalue weighted by molar-refractivity contribution is -0.130. The molecule has 0 unspecified atom stereocenters. The van der Waals surface area contributed by atoms with E-state index in [-0.39, 0.29) is 17.9 Å². The van der Waals surface area contributed by atoms with Gasteiger partial charge in [0, 0.05) is 5.75 Å². The van der Waals surface area contributed by atoms with E-state index in [4.69, 9.17) is 5.73 Å². The Hall–Kier alpha value is -3.36. The number of fused-ring (bicyclic) bond motifs is 1. The lowest BCUT2D eigenvalue weighted by Crippen LogP contribution is -2.55. The number of aldehydes is 1. The second-order valence-corrected chi connectivity index (χ2v) is 8.22. The Balaban J connectivity index is 1.57. The molecule has 0 saturated carbocycles. The molecule has 0 fully saturated rings. The Morgan fingerprint density at radius 2 is 1.58 bits per heavy atom. The van der Waals surface area contributed by atoms with Crippen LogP contribution in [-0.4, -0.2) is 47.1 Å². The maximum Gasteiger partial charge on any atom is 0.244 e. The summed E-state index contributed by atoms with van der Waals surface area (Å²) in [6.45, 7) is 0. The molecule has 0 aliphatic carbocycles. The van der Waals surface area contributed by atoms with Crippen LogP contribution < -0.4 is 16.4 Å². The summed E-state index contributed by atoms with van der Waals surface area (Å²) in [7, 11) is 0. The standard InChI is InChI=1S/C25H27N3O4S/c26-22(13-17-5-8-18-3-1-2-4-19(18)11-17)24(31)28-23(15-33)25(32)27-20(14-29)12-16-6-9-21(30)10-7-16/h1-11,14,20,22-23,30,33H,12-13,15,26H2,(H,27,32)(H,28,31)/t20-,22+,23-/m0/s1. The van der Waals surface area contributed by atoms with E-state index in [0.717, 1.165) is 21.9 Å².